The molecule has 2 nitrogen and oxygen atoms in total. The predicted molar refractivity (Wildman–Crippen MR) is 37.2 cm³/mol. The molecule has 10 heavy (non-hydrogen) atoms. The second kappa shape index (κ2) is 3.15. The number of rotatable bonds is 2. The highest BCUT2D eigenvalue weighted by molar-refractivity contribution is 5.41. The van der Waals surface area contributed by atoms with Crippen LogP contribution in [0.3, 0.4) is 0 Å². The minimum absolute atomic E-state index is 0.427. The summed E-state index contributed by atoms with van der Waals surface area (Å²) in [5, 5.41) is 2.83. The molecule has 1 aromatic rings. The first-order chi connectivity index (χ1) is 4.84. The van der Waals surface area contributed by atoms with Gasteiger partial charge in [0.2, 0.25) is 0 Å². The fraction of sp³-hybridized carbons (Fsp3) is 0.286. The van der Waals surface area contributed by atoms with Crippen LogP contribution in [-0.4, -0.2) is 11.5 Å². The molecule has 0 bridgehead atoms. The molecule has 1 heterocycles. The molecule has 1 aromatic heterocycles. The molecule has 0 aliphatic heterocycles. The summed E-state index contributed by atoms with van der Waals surface area (Å²) < 4.78 is 12.6. The molecule has 0 aromatic carbocycles. The summed E-state index contributed by atoms with van der Waals surface area (Å²) in [6.45, 7) is 2.61. The Balaban J connectivity index is 2.81. The molecule has 0 atom stereocenters. The van der Waals surface area contributed by atoms with E-state index in [4.69, 9.17) is 0 Å². The number of pyridine rings is 1. The Labute approximate surface area is 59.1 Å². The molecule has 0 aliphatic carbocycles. The van der Waals surface area contributed by atoms with E-state index in [-0.39, 0.29) is 0 Å². The quantitative estimate of drug-likeness (QED) is 0.670. The van der Waals surface area contributed by atoms with Gasteiger partial charge in [0.05, 0.1) is 5.69 Å². The van der Waals surface area contributed by atoms with Gasteiger partial charge in [-0.3, -0.25) is 4.98 Å². The Kier molecular flexibility index (Phi) is 2.20. The number of hydrogen-bond donors (Lipinski definition) is 1. The summed E-state index contributed by atoms with van der Waals surface area (Å²) in [5.41, 5.74) is 0.456. The molecule has 0 aliphatic rings. The van der Waals surface area contributed by atoms with Gasteiger partial charge >= 0.3 is 0 Å². The molecule has 1 N–H and O–H groups in total. The zero-order valence-corrected chi connectivity index (χ0v) is 5.69. The summed E-state index contributed by atoms with van der Waals surface area (Å²) in [6.07, 6.45) is 3.71. The zero-order valence-electron chi connectivity index (χ0n) is 5.69. The number of aromatic nitrogens is 1. The number of nitrogens with one attached hydrogen (secondary N) is 1. The van der Waals surface area contributed by atoms with Crippen molar-refractivity contribution in [3.8, 4) is 0 Å². The minimum Gasteiger partial charge on any atom is -0.383 e. The van der Waals surface area contributed by atoms with Gasteiger partial charge in [0.25, 0.3) is 0 Å². The lowest BCUT2D eigenvalue weighted by Crippen LogP contribution is -1.99. The van der Waals surface area contributed by atoms with Crippen LogP contribution in [0, 0.1) is 12.0 Å². The highest BCUT2D eigenvalue weighted by Gasteiger charge is 1.97. The van der Waals surface area contributed by atoms with Crippen molar-refractivity contribution in [2.24, 2.45) is 0 Å². The van der Waals surface area contributed by atoms with Crippen LogP contribution in [0.4, 0.5) is 10.1 Å². The van der Waals surface area contributed by atoms with E-state index in [0.717, 1.165) is 0 Å². The molecule has 0 spiro atoms. The summed E-state index contributed by atoms with van der Waals surface area (Å²) in [4.78, 5) is 3.49. The Morgan fingerprint density at radius 3 is 3.20 bits per heavy atom. The summed E-state index contributed by atoms with van der Waals surface area (Å²) in [7, 11) is 0. The van der Waals surface area contributed by atoms with Crippen LogP contribution in [0.25, 0.3) is 0 Å². The molecule has 3 heteroatoms. The second-order valence-electron chi connectivity index (χ2n) is 1.81. The lowest BCUT2D eigenvalue weighted by Gasteiger charge is -2.00. The molecular weight excluding hydrogens is 131 g/mol. The predicted octanol–water partition coefficient (Wildman–Crippen LogP) is 1.45. The molecule has 1 rings (SSSR count). The Hall–Kier alpha value is -1.12. The van der Waals surface area contributed by atoms with E-state index in [1.54, 1.807) is 6.07 Å². The standard InChI is InChI=1S/C7H8FN2/c1-2-10-7-3-4-9-5-6(7)8/h3-4H,2H2,1H3,(H,9,10). The van der Waals surface area contributed by atoms with Crippen molar-refractivity contribution >= 4 is 5.69 Å². The fourth-order valence-electron chi connectivity index (χ4n) is 0.666. The lowest BCUT2D eigenvalue weighted by atomic mass is 10.4. The average Bonchev–Trinajstić information content (AvgIpc) is 1.94. The lowest BCUT2D eigenvalue weighted by molar-refractivity contribution is 0.621. The topological polar surface area (TPSA) is 24.9 Å². The van der Waals surface area contributed by atoms with E-state index in [1.807, 2.05) is 6.92 Å². The smallest absolute Gasteiger partial charge is 0.174 e. The first-order valence-electron chi connectivity index (χ1n) is 3.10. The molecule has 0 amide bonds. The molecule has 0 fully saturated rings. The van der Waals surface area contributed by atoms with Gasteiger partial charge in [-0.25, -0.2) is 4.39 Å². The van der Waals surface area contributed by atoms with Gasteiger partial charge in [-0.2, -0.15) is 0 Å². The average molecular weight is 139 g/mol. The van der Waals surface area contributed by atoms with Crippen molar-refractivity contribution in [3.05, 3.63) is 24.3 Å². The van der Waals surface area contributed by atoms with Crippen molar-refractivity contribution < 1.29 is 4.39 Å². The molecular formula is C7H8FN2. The largest absolute Gasteiger partial charge is 0.383 e. The number of hydrogen-bond acceptors (Lipinski definition) is 2. The highest BCUT2D eigenvalue weighted by atomic mass is 19.1. The molecule has 0 saturated heterocycles. The van der Waals surface area contributed by atoms with Gasteiger partial charge in [0.1, 0.15) is 6.20 Å². The summed E-state index contributed by atoms with van der Waals surface area (Å²) >= 11 is 0. The Morgan fingerprint density at radius 2 is 2.60 bits per heavy atom. The Bertz CT molecular complexity index is 213. The van der Waals surface area contributed by atoms with Crippen LogP contribution < -0.4 is 5.32 Å². The van der Waals surface area contributed by atoms with E-state index in [9.17, 15) is 4.39 Å². The monoisotopic (exact) mass is 139 g/mol. The maximum atomic E-state index is 12.6. The zero-order chi connectivity index (χ0) is 7.40. The van der Waals surface area contributed by atoms with Crippen molar-refractivity contribution in [2.75, 3.05) is 11.9 Å². The fourth-order valence-corrected chi connectivity index (χ4v) is 0.666. The minimum atomic E-state index is -0.427. The number of nitrogens with zero attached hydrogens (tertiary/aromatic N) is 1. The maximum absolute atomic E-state index is 12.6. The van der Waals surface area contributed by atoms with Crippen LogP contribution >= 0.6 is 0 Å². The normalized spacial score (nSPS) is 9.40. The van der Waals surface area contributed by atoms with Crippen LogP contribution in [0.2, 0.25) is 0 Å². The second-order valence-corrected chi connectivity index (χ2v) is 1.81. The van der Waals surface area contributed by atoms with E-state index in [2.05, 4.69) is 16.5 Å². The van der Waals surface area contributed by atoms with Crippen molar-refractivity contribution in [1.29, 1.82) is 0 Å². The maximum Gasteiger partial charge on any atom is 0.174 e. The van der Waals surface area contributed by atoms with Gasteiger partial charge in [-0.15, -0.1) is 0 Å². The third-order valence-electron chi connectivity index (χ3n) is 1.08. The number of anilines is 1. The van der Waals surface area contributed by atoms with Crippen molar-refractivity contribution in [1.82, 2.24) is 4.98 Å². The third kappa shape index (κ3) is 1.43. The van der Waals surface area contributed by atoms with Gasteiger partial charge in [0, 0.05) is 12.7 Å². The van der Waals surface area contributed by atoms with Gasteiger partial charge in [0.15, 0.2) is 5.82 Å². The van der Waals surface area contributed by atoms with E-state index in [1.165, 1.54) is 6.20 Å². The van der Waals surface area contributed by atoms with Crippen LogP contribution in [0.15, 0.2) is 12.3 Å². The molecule has 0 saturated carbocycles. The first-order valence-corrected chi connectivity index (χ1v) is 3.10. The SMILES string of the molecule is CCNc1ccn[c]c1F. The van der Waals surface area contributed by atoms with Crippen LogP contribution in [-0.2, 0) is 0 Å². The highest BCUT2D eigenvalue weighted by Crippen LogP contribution is 2.08. The van der Waals surface area contributed by atoms with Crippen LogP contribution in [0.1, 0.15) is 6.92 Å². The van der Waals surface area contributed by atoms with Gasteiger partial charge in [-0.1, -0.05) is 0 Å². The van der Waals surface area contributed by atoms with Gasteiger partial charge in [-0.05, 0) is 13.0 Å². The Morgan fingerprint density at radius 1 is 1.80 bits per heavy atom. The van der Waals surface area contributed by atoms with Crippen molar-refractivity contribution in [2.45, 2.75) is 6.92 Å². The van der Waals surface area contributed by atoms with Crippen LogP contribution in [0.5, 0.6) is 0 Å². The van der Waals surface area contributed by atoms with E-state index >= 15 is 0 Å². The third-order valence-corrected chi connectivity index (χ3v) is 1.08. The summed E-state index contributed by atoms with van der Waals surface area (Å²) in [5.74, 6) is -0.427. The van der Waals surface area contributed by atoms with Crippen molar-refractivity contribution in [3.63, 3.8) is 0 Å². The molecule has 53 valence electrons. The van der Waals surface area contributed by atoms with Gasteiger partial charge < -0.3 is 5.32 Å². The van der Waals surface area contributed by atoms with E-state index < -0.39 is 5.82 Å². The summed E-state index contributed by atoms with van der Waals surface area (Å²) in [6, 6.07) is 1.58. The molecule has 1 radical (unpaired) electrons. The molecule has 0 unspecified atom stereocenters. The number of halogens is 1. The first kappa shape index (κ1) is 6.99. The van der Waals surface area contributed by atoms with E-state index in [0.29, 0.717) is 12.2 Å².